The minimum absolute atomic E-state index is 0.0814. The van der Waals surface area contributed by atoms with Crippen LogP contribution in [0.3, 0.4) is 0 Å². The molecule has 8 heteroatoms. The van der Waals surface area contributed by atoms with Gasteiger partial charge in [-0.2, -0.15) is 0 Å². The molecule has 1 saturated heterocycles. The van der Waals surface area contributed by atoms with Crippen LogP contribution in [0.5, 0.6) is 0 Å². The first-order valence-electron chi connectivity index (χ1n) is 9.56. The number of carbonyl (C=O) groups excluding carboxylic acids is 2. The van der Waals surface area contributed by atoms with Crippen molar-refractivity contribution in [2.45, 2.75) is 19.3 Å². The number of nitrogens with zero attached hydrogens (tertiary/aromatic N) is 2. The predicted octanol–water partition coefficient (Wildman–Crippen LogP) is 2.71. The molecular weight excluding hydrogens is 390 g/mol. The van der Waals surface area contributed by atoms with E-state index in [4.69, 9.17) is 4.55 Å². The zero-order valence-electron chi connectivity index (χ0n) is 16.3. The van der Waals surface area contributed by atoms with Gasteiger partial charge in [0, 0.05) is 37.4 Å². The highest BCUT2D eigenvalue weighted by Gasteiger charge is 2.26. The molecule has 0 spiro atoms. The van der Waals surface area contributed by atoms with Crippen molar-refractivity contribution in [2.75, 3.05) is 30.9 Å². The van der Waals surface area contributed by atoms with Gasteiger partial charge in [-0.15, -0.1) is 0 Å². The molecule has 3 rings (SSSR count). The Morgan fingerprint density at radius 3 is 2.24 bits per heavy atom. The second-order valence-electron chi connectivity index (χ2n) is 7.03. The van der Waals surface area contributed by atoms with Crippen molar-refractivity contribution in [1.82, 2.24) is 9.80 Å². The average Bonchev–Trinajstić information content (AvgIpc) is 2.99. The molecule has 0 aliphatic carbocycles. The van der Waals surface area contributed by atoms with Crippen molar-refractivity contribution >= 4 is 28.8 Å². The van der Waals surface area contributed by atoms with Crippen LogP contribution in [0, 0.1) is 0 Å². The number of hydrogen-bond acceptors (Lipinski definition) is 3. The minimum Gasteiger partial charge on any atom is -0.340 e. The third-order valence-electron chi connectivity index (χ3n) is 5.10. The standard InChI is InChI=1S/C21H25N3O4S/c1-16(17-6-3-2-4-7-17)20(25)23-12-5-13-24(15-14-23)21(26)18-8-10-19(11-9-18)22-29(27)28/h2-4,6-11,16,22H,5,12-15H2,1H3,(H,27,28). The molecule has 154 valence electrons. The third kappa shape index (κ3) is 5.42. The van der Waals surface area contributed by atoms with Gasteiger partial charge in [-0.25, -0.2) is 4.21 Å². The first-order chi connectivity index (χ1) is 14.0. The molecular formula is C21H25N3O4S. The molecule has 1 fully saturated rings. The SMILES string of the molecule is CC(C(=O)N1CCCN(C(=O)c2ccc(NS(=O)O)cc2)CC1)c1ccccc1. The van der Waals surface area contributed by atoms with Crippen LogP contribution in [0.2, 0.25) is 0 Å². The lowest BCUT2D eigenvalue weighted by Crippen LogP contribution is -2.39. The van der Waals surface area contributed by atoms with Crippen molar-refractivity contribution in [2.24, 2.45) is 0 Å². The number of amides is 2. The Balaban J connectivity index is 1.61. The van der Waals surface area contributed by atoms with Crippen LogP contribution in [0.15, 0.2) is 54.6 Å². The normalized spacial score (nSPS) is 16.6. The number of nitrogens with one attached hydrogen (secondary N) is 1. The summed E-state index contributed by atoms with van der Waals surface area (Å²) in [7, 11) is 0. The molecule has 29 heavy (non-hydrogen) atoms. The highest BCUT2D eigenvalue weighted by molar-refractivity contribution is 7.80. The summed E-state index contributed by atoms with van der Waals surface area (Å²) in [5, 5.41) is 0. The zero-order chi connectivity index (χ0) is 20.8. The zero-order valence-corrected chi connectivity index (χ0v) is 17.1. The summed E-state index contributed by atoms with van der Waals surface area (Å²) in [6.45, 7) is 4.12. The van der Waals surface area contributed by atoms with Crippen molar-refractivity contribution in [3.05, 3.63) is 65.7 Å². The van der Waals surface area contributed by atoms with Crippen LogP contribution in [-0.4, -0.2) is 56.6 Å². The fraction of sp³-hybridized carbons (Fsp3) is 0.333. The highest BCUT2D eigenvalue weighted by atomic mass is 32.2. The summed E-state index contributed by atoms with van der Waals surface area (Å²) in [6.07, 6.45) is 0.724. The molecule has 2 aromatic carbocycles. The summed E-state index contributed by atoms with van der Waals surface area (Å²) in [5.41, 5.74) is 1.97. The molecule has 0 bridgehead atoms. The van der Waals surface area contributed by atoms with Gasteiger partial charge in [0.05, 0.1) is 5.92 Å². The molecule has 2 unspecified atom stereocenters. The van der Waals surface area contributed by atoms with Gasteiger partial charge >= 0.3 is 0 Å². The Hall–Kier alpha value is -2.71. The maximum absolute atomic E-state index is 12.9. The third-order valence-corrected chi connectivity index (χ3v) is 5.51. The van der Waals surface area contributed by atoms with E-state index in [9.17, 15) is 13.8 Å². The van der Waals surface area contributed by atoms with E-state index in [-0.39, 0.29) is 17.7 Å². The van der Waals surface area contributed by atoms with Gasteiger partial charge in [0.1, 0.15) is 0 Å². The summed E-state index contributed by atoms with van der Waals surface area (Å²) < 4.78 is 22.0. The second kappa shape index (κ2) is 9.67. The summed E-state index contributed by atoms with van der Waals surface area (Å²) >= 11 is -2.15. The maximum atomic E-state index is 12.9. The number of hydrogen-bond donors (Lipinski definition) is 2. The molecule has 2 aromatic rings. The molecule has 0 radical (unpaired) electrons. The van der Waals surface area contributed by atoms with E-state index in [0.29, 0.717) is 37.4 Å². The van der Waals surface area contributed by atoms with E-state index in [1.54, 1.807) is 29.2 Å². The van der Waals surface area contributed by atoms with Crippen molar-refractivity contribution < 1.29 is 18.4 Å². The Kier molecular flexibility index (Phi) is 7.00. The summed E-state index contributed by atoms with van der Waals surface area (Å²) in [5.74, 6) is -0.236. The number of anilines is 1. The minimum atomic E-state index is -2.15. The van der Waals surface area contributed by atoms with Gasteiger partial charge in [0.15, 0.2) is 0 Å². The Morgan fingerprint density at radius 1 is 0.966 bits per heavy atom. The van der Waals surface area contributed by atoms with Crippen LogP contribution < -0.4 is 4.72 Å². The fourth-order valence-corrected chi connectivity index (χ4v) is 3.80. The molecule has 1 aliphatic heterocycles. The van der Waals surface area contributed by atoms with Gasteiger partial charge in [-0.3, -0.25) is 18.9 Å². The molecule has 2 amide bonds. The largest absolute Gasteiger partial charge is 0.340 e. The van der Waals surface area contributed by atoms with Gasteiger partial charge in [0.2, 0.25) is 5.91 Å². The van der Waals surface area contributed by atoms with E-state index in [0.717, 1.165) is 12.0 Å². The second-order valence-corrected chi connectivity index (χ2v) is 7.73. The predicted molar refractivity (Wildman–Crippen MR) is 113 cm³/mol. The van der Waals surface area contributed by atoms with Crippen LogP contribution in [-0.2, 0) is 16.1 Å². The number of rotatable bonds is 5. The van der Waals surface area contributed by atoms with Crippen LogP contribution >= 0.6 is 0 Å². The molecule has 7 nitrogen and oxygen atoms in total. The first-order valence-corrected chi connectivity index (χ1v) is 10.7. The Bertz CT molecular complexity index is 873. The quantitative estimate of drug-likeness (QED) is 0.735. The van der Waals surface area contributed by atoms with Crippen molar-refractivity contribution in [3.8, 4) is 0 Å². The smallest absolute Gasteiger partial charge is 0.259 e. The summed E-state index contributed by atoms with van der Waals surface area (Å²) in [6, 6.07) is 16.2. The van der Waals surface area contributed by atoms with Gasteiger partial charge in [-0.1, -0.05) is 30.3 Å². The van der Waals surface area contributed by atoms with Crippen molar-refractivity contribution in [3.63, 3.8) is 0 Å². The Labute approximate surface area is 173 Å². The molecule has 0 saturated carbocycles. The van der Waals surface area contributed by atoms with E-state index < -0.39 is 11.3 Å². The van der Waals surface area contributed by atoms with Crippen LogP contribution in [0.4, 0.5) is 5.69 Å². The molecule has 1 aliphatic rings. The van der Waals surface area contributed by atoms with Crippen LogP contribution in [0.25, 0.3) is 0 Å². The number of carbonyl (C=O) groups is 2. The summed E-state index contributed by atoms with van der Waals surface area (Å²) in [4.78, 5) is 29.3. The topological polar surface area (TPSA) is 90.0 Å². The highest BCUT2D eigenvalue weighted by Crippen LogP contribution is 2.19. The molecule has 1 heterocycles. The first kappa shape index (κ1) is 21.0. The average molecular weight is 416 g/mol. The van der Waals surface area contributed by atoms with Gasteiger partial charge in [0.25, 0.3) is 17.2 Å². The Morgan fingerprint density at radius 2 is 1.59 bits per heavy atom. The fourth-order valence-electron chi connectivity index (χ4n) is 3.46. The lowest BCUT2D eigenvalue weighted by atomic mass is 10.00. The molecule has 0 aromatic heterocycles. The van der Waals surface area contributed by atoms with Crippen LogP contribution in [0.1, 0.15) is 35.2 Å². The van der Waals surface area contributed by atoms with Crippen molar-refractivity contribution in [1.29, 1.82) is 0 Å². The van der Waals surface area contributed by atoms with E-state index >= 15 is 0 Å². The molecule has 2 N–H and O–H groups in total. The lowest BCUT2D eigenvalue weighted by molar-refractivity contribution is -0.132. The lowest BCUT2D eigenvalue weighted by Gasteiger charge is -2.25. The van der Waals surface area contributed by atoms with Gasteiger partial charge in [-0.05, 0) is 43.2 Å². The van der Waals surface area contributed by atoms with E-state index in [2.05, 4.69) is 4.72 Å². The van der Waals surface area contributed by atoms with E-state index in [1.807, 2.05) is 42.2 Å². The maximum Gasteiger partial charge on any atom is 0.259 e. The molecule has 2 atom stereocenters. The number of benzene rings is 2. The van der Waals surface area contributed by atoms with Gasteiger partial charge < -0.3 is 9.80 Å². The monoisotopic (exact) mass is 415 g/mol. The van der Waals surface area contributed by atoms with E-state index in [1.165, 1.54) is 0 Å².